The largest absolute Gasteiger partial charge is 0.349 e. The SMILES string of the molecule is CCc1ccc(C)cc1Cc1nn(C)c(F)c1C(=O)NC1CC1. The Kier molecular flexibility index (Phi) is 4.20. The van der Waals surface area contributed by atoms with Gasteiger partial charge in [0, 0.05) is 19.5 Å². The first-order chi connectivity index (χ1) is 11.0. The van der Waals surface area contributed by atoms with Crippen LogP contribution in [0, 0.1) is 12.9 Å². The molecule has 0 unspecified atom stereocenters. The normalized spacial score (nSPS) is 14.1. The Bertz CT molecular complexity index is 747. The Morgan fingerprint density at radius 1 is 1.39 bits per heavy atom. The number of benzene rings is 1. The Labute approximate surface area is 135 Å². The second-order valence-corrected chi connectivity index (χ2v) is 6.29. The van der Waals surface area contributed by atoms with Crippen LogP contribution in [-0.4, -0.2) is 21.7 Å². The molecule has 1 aliphatic rings. The fraction of sp³-hybridized carbons (Fsp3) is 0.444. The molecule has 122 valence electrons. The van der Waals surface area contributed by atoms with Crippen LogP contribution in [-0.2, 0) is 19.9 Å². The van der Waals surface area contributed by atoms with Gasteiger partial charge < -0.3 is 5.32 Å². The zero-order valence-electron chi connectivity index (χ0n) is 13.8. The van der Waals surface area contributed by atoms with E-state index in [2.05, 4.69) is 35.5 Å². The summed E-state index contributed by atoms with van der Waals surface area (Å²) in [7, 11) is 1.53. The predicted octanol–water partition coefficient (Wildman–Crippen LogP) is 2.91. The van der Waals surface area contributed by atoms with Gasteiger partial charge in [-0.05, 0) is 37.3 Å². The number of nitrogens with one attached hydrogen (secondary N) is 1. The number of nitrogens with zero attached hydrogens (tertiary/aromatic N) is 2. The molecule has 0 aliphatic heterocycles. The number of amides is 1. The van der Waals surface area contributed by atoms with Crippen molar-refractivity contribution in [3.05, 3.63) is 52.1 Å². The number of carbonyl (C=O) groups is 1. The van der Waals surface area contributed by atoms with E-state index in [1.807, 2.05) is 6.92 Å². The lowest BCUT2D eigenvalue weighted by Gasteiger charge is -2.09. The molecule has 1 amide bonds. The summed E-state index contributed by atoms with van der Waals surface area (Å²) in [5.74, 6) is -0.914. The van der Waals surface area contributed by atoms with Crippen LogP contribution in [0.2, 0.25) is 0 Å². The van der Waals surface area contributed by atoms with Gasteiger partial charge in [0.05, 0.1) is 5.69 Å². The van der Waals surface area contributed by atoms with Gasteiger partial charge >= 0.3 is 0 Å². The van der Waals surface area contributed by atoms with Crippen molar-refractivity contribution in [1.82, 2.24) is 15.1 Å². The summed E-state index contributed by atoms with van der Waals surface area (Å²) in [6.07, 6.45) is 3.31. The molecular formula is C18H22FN3O. The number of rotatable bonds is 5. The van der Waals surface area contributed by atoms with Crippen molar-refractivity contribution in [2.45, 2.75) is 45.6 Å². The first kappa shape index (κ1) is 15.7. The lowest BCUT2D eigenvalue weighted by atomic mass is 9.97. The standard InChI is InChI=1S/C18H22FN3O/c1-4-12-6-5-11(2)9-13(12)10-15-16(17(19)22(3)21-15)18(23)20-14-7-8-14/h5-6,9,14H,4,7-8,10H2,1-3H3,(H,20,23). The number of hydrogen-bond acceptors (Lipinski definition) is 2. The third-order valence-corrected chi connectivity index (χ3v) is 4.29. The zero-order valence-corrected chi connectivity index (χ0v) is 13.8. The van der Waals surface area contributed by atoms with E-state index in [-0.39, 0.29) is 17.5 Å². The first-order valence-electron chi connectivity index (χ1n) is 8.10. The van der Waals surface area contributed by atoms with Crippen LogP contribution in [0.1, 0.15) is 52.5 Å². The van der Waals surface area contributed by atoms with Crippen molar-refractivity contribution >= 4 is 5.91 Å². The topological polar surface area (TPSA) is 46.9 Å². The van der Waals surface area contributed by atoms with Crippen LogP contribution >= 0.6 is 0 Å². The van der Waals surface area contributed by atoms with Gasteiger partial charge in [-0.1, -0.05) is 30.7 Å². The summed E-state index contributed by atoms with van der Waals surface area (Å²) in [6.45, 7) is 4.12. The monoisotopic (exact) mass is 315 g/mol. The van der Waals surface area contributed by atoms with Gasteiger partial charge in [-0.25, -0.2) is 4.68 Å². The maximum Gasteiger partial charge on any atom is 0.258 e. The van der Waals surface area contributed by atoms with Crippen molar-refractivity contribution < 1.29 is 9.18 Å². The van der Waals surface area contributed by atoms with Gasteiger partial charge in [0.1, 0.15) is 5.56 Å². The molecule has 1 heterocycles. The van der Waals surface area contributed by atoms with Crippen LogP contribution in [0.15, 0.2) is 18.2 Å². The molecule has 0 saturated heterocycles. The summed E-state index contributed by atoms with van der Waals surface area (Å²) in [4.78, 5) is 12.4. The fourth-order valence-corrected chi connectivity index (χ4v) is 2.83. The minimum Gasteiger partial charge on any atom is -0.349 e. The van der Waals surface area contributed by atoms with Gasteiger partial charge in [-0.2, -0.15) is 9.49 Å². The highest BCUT2D eigenvalue weighted by molar-refractivity contribution is 5.95. The fourth-order valence-electron chi connectivity index (χ4n) is 2.83. The van der Waals surface area contributed by atoms with Gasteiger partial charge in [0.25, 0.3) is 5.91 Å². The van der Waals surface area contributed by atoms with E-state index in [9.17, 15) is 9.18 Å². The van der Waals surface area contributed by atoms with Crippen LogP contribution in [0.4, 0.5) is 4.39 Å². The molecule has 2 aromatic rings. The molecule has 23 heavy (non-hydrogen) atoms. The van der Waals surface area contributed by atoms with E-state index >= 15 is 0 Å². The number of carbonyl (C=O) groups excluding carboxylic acids is 1. The molecule has 0 radical (unpaired) electrons. The summed E-state index contributed by atoms with van der Waals surface area (Å²) >= 11 is 0. The quantitative estimate of drug-likeness (QED) is 0.922. The van der Waals surface area contributed by atoms with Crippen LogP contribution < -0.4 is 5.32 Å². The maximum atomic E-state index is 14.3. The Balaban J connectivity index is 1.95. The third-order valence-electron chi connectivity index (χ3n) is 4.29. The lowest BCUT2D eigenvalue weighted by Crippen LogP contribution is -2.27. The second-order valence-electron chi connectivity index (χ2n) is 6.29. The molecule has 4 nitrogen and oxygen atoms in total. The zero-order chi connectivity index (χ0) is 16.6. The average molecular weight is 315 g/mol. The highest BCUT2D eigenvalue weighted by atomic mass is 19.1. The smallest absolute Gasteiger partial charge is 0.258 e. The number of aryl methyl sites for hydroxylation is 3. The van der Waals surface area contributed by atoms with Gasteiger partial charge in [-0.3, -0.25) is 4.79 Å². The predicted molar refractivity (Wildman–Crippen MR) is 87.0 cm³/mol. The highest BCUT2D eigenvalue weighted by Crippen LogP contribution is 2.23. The van der Waals surface area contributed by atoms with Gasteiger partial charge in [0.2, 0.25) is 5.95 Å². The van der Waals surface area contributed by atoms with Crippen molar-refractivity contribution in [2.24, 2.45) is 7.05 Å². The van der Waals surface area contributed by atoms with E-state index in [0.717, 1.165) is 35.1 Å². The molecule has 1 N–H and O–H groups in total. The summed E-state index contributed by atoms with van der Waals surface area (Å²) in [6, 6.07) is 6.45. The molecule has 0 bridgehead atoms. The summed E-state index contributed by atoms with van der Waals surface area (Å²) < 4.78 is 15.5. The molecule has 3 rings (SSSR count). The molecular weight excluding hydrogens is 293 g/mol. The van der Waals surface area contributed by atoms with E-state index in [0.29, 0.717) is 12.1 Å². The molecule has 0 spiro atoms. The summed E-state index contributed by atoms with van der Waals surface area (Å²) in [5, 5.41) is 7.10. The van der Waals surface area contributed by atoms with Crippen molar-refractivity contribution in [3.63, 3.8) is 0 Å². The van der Waals surface area contributed by atoms with Crippen molar-refractivity contribution in [2.75, 3.05) is 0 Å². The molecule has 1 aliphatic carbocycles. The second kappa shape index (κ2) is 6.14. The molecule has 1 aromatic carbocycles. The first-order valence-corrected chi connectivity index (χ1v) is 8.10. The van der Waals surface area contributed by atoms with Gasteiger partial charge in [0.15, 0.2) is 0 Å². The van der Waals surface area contributed by atoms with E-state index in [4.69, 9.17) is 0 Å². The Hall–Kier alpha value is -2.17. The summed E-state index contributed by atoms with van der Waals surface area (Å²) in [5.41, 5.74) is 4.05. The third kappa shape index (κ3) is 3.28. The Morgan fingerprint density at radius 3 is 2.78 bits per heavy atom. The number of aromatic nitrogens is 2. The Morgan fingerprint density at radius 2 is 2.13 bits per heavy atom. The van der Waals surface area contributed by atoms with E-state index < -0.39 is 5.95 Å². The van der Waals surface area contributed by atoms with Crippen LogP contribution in [0.3, 0.4) is 0 Å². The lowest BCUT2D eigenvalue weighted by molar-refractivity contribution is 0.0945. The number of halogens is 1. The van der Waals surface area contributed by atoms with Crippen molar-refractivity contribution in [3.8, 4) is 0 Å². The number of hydrogen-bond donors (Lipinski definition) is 1. The maximum absolute atomic E-state index is 14.3. The highest BCUT2D eigenvalue weighted by Gasteiger charge is 2.29. The van der Waals surface area contributed by atoms with Crippen LogP contribution in [0.25, 0.3) is 0 Å². The molecule has 0 atom stereocenters. The molecule has 5 heteroatoms. The minimum atomic E-state index is -0.566. The van der Waals surface area contributed by atoms with Crippen molar-refractivity contribution in [1.29, 1.82) is 0 Å². The van der Waals surface area contributed by atoms with Gasteiger partial charge in [-0.15, -0.1) is 0 Å². The molecule has 1 fully saturated rings. The van der Waals surface area contributed by atoms with Crippen LogP contribution in [0.5, 0.6) is 0 Å². The molecule has 1 aromatic heterocycles. The minimum absolute atomic E-state index is 0.0861. The molecule has 1 saturated carbocycles. The van der Waals surface area contributed by atoms with E-state index in [1.54, 1.807) is 0 Å². The average Bonchev–Trinajstić information content (AvgIpc) is 3.26. The van der Waals surface area contributed by atoms with E-state index in [1.165, 1.54) is 12.6 Å².